The maximum atomic E-state index is 10.4. The highest BCUT2D eigenvalue weighted by molar-refractivity contribution is 7.99. The van der Waals surface area contributed by atoms with Crippen molar-refractivity contribution in [2.75, 3.05) is 5.75 Å². The molecular formula is C16H18O2S2. The van der Waals surface area contributed by atoms with Crippen LogP contribution in [0.2, 0.25) is 0 Å². The normalized spacial score (nSPS) is 19.2. The summed E-state index contributed by atoms with van der Waals surface area (Å²) in [6.45, 7) is 2.16. The number of rotatable bonds is 4. The zero-order valence-corrected chi connectivity index (χ0v) is 13.0. The van der Waals surface area contributed by atoms with Gasteiger partial charge < -0.3 is 9.84 Å². The maximum absolute atomic E-state index is 10.4. The standard InChI is InChI=1S/C16H18O2S2/c1-2-11-7-8-12(20-11)9-13(17)15-10-19-16-6-4-3-5-14(16)18-15/h3-8,13,15,17H,2,9-10H2,1H3. The lowest BCUT2D eigenvalue weighted by Gasteiger charge is -2.28. The van der Waals surface area contributed by atoms with Gasteiger partial charge in [-0.25, -0.2) is 0 Å². The summed E-state index contributed by atoms with van der Waals surface area (Å²) < 4.78 is 5.93. The van der Waals surface area contributed by atoms with Crippen LogP contribution in [0, 0.1) is 0 Å². The summed E-state index contributed by atoms with van der Waals surface area (Å²) in [6.07, 6.45) is 1.17. The van der Waals surface area contributed by atoms with Gasteiger partial charge in [0, 0.05) is 26.8 Å². The Morgan fingerprint density at radius 3 is 2.85 bits per heavy atom. The molecular weight excluding hydrogens is 288 g/mol. The fourth-order valence-corrected chi connectivity index (χ4v) is 4.36. The number of fused-ring (bicyclic) bond motifs is 1. The second-order valence-electron chi connectivity index (χ2n) is 4.91. The third kappa shape index (κ3) is 3.03. The van der Waals surface area contributed by atoms with Gasteiger partial charge in [-0.15, -0.1) is 23.1 Å². The van der Waals surface area contributed by atoms with Crippen LogP contribution in [0.1, 0.15) is 16.7 Å². The van der Waals surface area contributed by atoms with E-state index in [4.69, 9.17) is 4.74 Å². The first-order valence-corrected chi connectivity index (χ1v) is 8.70. The van der Waals surface area contributed by atoms with Crippen molar-refractivity contribution in [3.8, 4) is 5.75 Å². The summed E-state index contributed by atoms with van der Waals surface area (Å²) in [5, 5.41) is 10.4. The van der Waals surface area contributed by atoms with E-state index in [1.54, 1.807) is 23.1 Å². The van der Waals surface area contributed by atoms with Crippen molar-refractivity contribution >= 4 is 23.1 Å². The zero-order valence-electron chi connectivity index (χ0n) is 11.4. The minimum Gasteiger partial charge on any atom is -0.486 e. The molecule has 2 atom stereocenters. The van der Waals surface area contributed by atoms with E-state index in [9.17, 15) is 5.11 Å². The molecule has 0 radical (unpaired) electrons. The summed E-state index contributed by atoms with van der Waals surface area (Å²) in [7, 11) is 0. The molecule has 20 heavy (non-hydrogen) atoms. The molecule has 2 heterocycles. The van der Waals surface area contributed by atoms with Gasteiger partial charge in [-0.1, -0.05) is 19.1 Å². The van der Waals surface area contributed by atoms with Crippen molar-refractivity contribution in [1.82, 2.24) is 0 Å². The van der Waals surface area contributed by atoms with Gasteiger partial charge in [-0.3, -0.25) is 0 Å². The van der Waals surface area contributed by atoms with Gasteiger partial charge in [0.2, 0.25) is 0 Å². The Morgan fingerprint density at radius 1 is 1.25 bits per heavy atom. The number of thioether (sulfide) groups is 1. The number of ether oxygens (including phenoxy) is 1. The Balaban J connectivity index is 1.65. The van der Waals surface area contributed by atoms with Crippen molar-refractivity contribution < 1.29 is 9.84 Å². The van der Waals surface area contributed by atoms with Gasteiger partial charge >= 0.3 is 0 Å². The van der Waals surface area contributed by atoms with Gasteiger partial charge in [0.1, 0.15) is 11.9 Å². The fourth-order valence-electron chi connectivity index (χ4n) is 2.29. The fraction of sp³-hybridized carbons (Fsp3) is 0.375. The molecule has 1 aromatic heterocycles. The van der Waals surface area contributed by atoms with Crippen molar-refractivity contribution in [1.29, 1.82) is 0 Å². The summed E-state index contributed by atoms with van der Waals surface area (Å²) in [5.74, 6) is 1.71. The van der Waals surface area contributed by atoms with Crippen LogP contribution in [-0.2, 0) is 12.8 Å². The lowest BCUT2D eigenvalue weighted by Crippen LogP contribution is -2.37. The molecule has 0 aliphatic carbocycles. The van der Waals surface area contributed by atoms with Crippen LogP contribution in [0.3, 0.4) is 0 Å². The highest BCUT2D eigenvalue weighted by Crippen LogP contribution is 2.36. The van der Waals surface area contributed by atoms with Gasteiger partial charge in [0.15, 0.2) is 0 Å². The van der Waals surface area contributed by atoms with E-state index >= 15 is 0 Å². The van der Waals surface area contributed by atoms with Crippen LogP contribution < -0.4 is 4.74 Å². The molecule has 1 aromatic carbocycles. The number of para-hydroxylation sites is 1. The monoisotopic (exact) mass is 306 g/mol. The van der Waals surface area contributed by atoms with Crippen LogP contribution in [0.15, 0.2) is 41.3 Å². The molecule has 0 saturated heterocycles. The third-order valence-electron chi connectivity index (χ3n) is 3.44. The average Bonchev–Trinajstić information content (AvgIpc) is 2.94. The smallest absolute Gasteiger partial charge is 0.134 e. The molecule has 2 aromatic rings. The van der Waals surface area contributed by atoms with Crippen LogP contribution in [-0.4, -0.2) is 23.1 Å². The molecule has 1 aliphatic rings. The summed E-state index contributed by atoms with van der Waals surface area (Å²) >= 11 is 3.55. The molecule has 2 nitrogen and oxygen atoms in total. The Bertz CT molecular complexity index is 579. The second-order valence-corrected chi connectivity index (χ2v) is 7.22. The SMILES string of the molecule is CCc1ccc(CC(O)C2CSc3ccccc3O2)s1. The van der Waals surface area contributed by atoms with Crippen molar-refractivity contribution in [2.45, 2.75) is 36.9 Å². The van der Waals surface area contributed by atoms with Crippen LogP contribution >= 0.6 is 23.1 Å². The Hall–Kier alpha value is -0.970. The lowest BCUT2D eigenvalue weighted by atomic mass is 10.1. The first kappa shape index (κ1) is 14.0. The summed E-state index contributed by atoms with van der Waals surface area (Å²) in [4.78, 5) is 3.78. The molecule has 1 aliphatic heterocycles. The van der Waals surface area contributed by atoms with Crippen LogP contribution in [0.25, 0.3) is 0 Å². The molecule has 0 saturated carbocycles. The number of benzene rings is 1. The Kier molecular flexibility index (Phi) is 4.34. The second kappa shape index (κ2) is 6.20. The van der Waals surface area contributed by atoms with Gasteiger partial charge in [0.25, 0.3) is 0 Å². The highest BCUT2D eigenvalue weighted by Gasteiger charge is 2.27. The van der Waals surface area contributed by atoms with Crippen molar-refractivity contribution in [2.24, 2.45) is 0 Å². The number of aliphatic hydroxyl groups is 1. The Morgan fingerprint density at radius 2 is 2.05 bits per heavy atom. The minimum atomic E-state index is -0.445. The Labute approximate surface area is 127 Å². The van der Waals surface area contributed by atoms with E-state index in [1.807, 2.05) is 18.2 Å². The molecule has 2 unspecified atom stereocenters. The van der Waals surface area contributed by atoms with Gasteiger partial charge in [-0.2, -0.15) is 0 Å². The predicted molar refractivity (Wildman–Crippen MR) is 85.0 cm³/mol. The number of aryl methyl sites for hydroxylation is 1. The summed E-state index contributed by atoms with van der Waals surface area (Å²) in [6, 6.07) is 12.3. The van der Waals surface area contributed by atoms with Crippen LogP contribution in [0.4, 0.5) is 0 Å². The molecule has 106 valence electrons. The minimum absolute atomic E-state index is 0.123. The first-order valence-electron chi connectivity index (χ1n) is 6.90. The summed E-state index contributed by atoms with van der Waals surface area (Å²) in [5.41, 5.74) is 0. The zero-order chi connectivity index (χ0) is 13.9. The van der Waals surface area contributed by atoms with E-state index in [1.165, 1.54) is 14.6 Å². The molecule has 4 heteroatoms. The van der Waals surface area contributed by atoms with E-state index in [0.717, 1.165) is 17.9 Å². The number of hydrogen-bond acceptors (Lipinski definition) is 4. The first-order chi connectivity index (χ1) is 9.76. The van der Waals surface area contributed by atoms with E-state index in [-0.39, 0.29) is 6.10 Å². The lowest BCUT2D eigenvalue weighted by molar-refractivity contribution is 0.0474. The van der Waals surface area contributed by atoms with Crippen molar-refractivity contribution in [3.05, 3.63) is 46.2 Å². The average molecular weight is 306 g/mol. The number of aliphatic hydroxyl groups excluding tert-OH is 1. The molecule has 3 rings (SSSR count). The quantitative estimate of drug-likeness (QED) is 0.932. The van der Waals surface area contributed by atoms with E-state index < -0.39 is 6.10 Å². The number of hydrogen-bond donors (Lipinski definition) is 1. The highest BCUT2D eigenvalue weighted by atomic mass is 32.2. The largest absolute Gasteiger partial charge is 0.486 e. The van der Waals surface area contributed by atoms with Gasteiger partial charge in [0.05, 0.1) is 6.10 Å². The molecule has 0 bridgehead atoms. The predicted octanol–water partition coefficient (Wildman–Crippen LogP) is 3.77. The third-order valence-corrected chi connectivity index (χ3v) is 5.83. The molecule has 0 spiro atoms. The van der Waals surface area contributed by atoms with E-state index in [2.05, 4.69) is 25.1 Å². The van der Waals surface area contributed by atoms with Crippen LogP contribution in [0.5, 0.6) is 5.75 Å². The number of thiophene rings is 1. The maximum Gasteiger partial charge on any atom is 0.134 e. The van der Waals surface area contributed by atoms with Crippen molar-refractivity contribution in [3.63, 3.8) is 0 Å². The molecule has 1 N–H and O–H groups in total. The molecule has 0 amide bonds. The topological polar surface area (TPSA) is 29.5 Å². The van der Waals surface area contributed by atoms with Gasteiger partial charge in [-0.05, 0) is 30.7 Å². The molecule has 0 fully saturated rings. The van der Waals surface area contributed by atoms with E-state index in [0.29, 0.717) is 6.42 Å².